The van der Waals surface area contributed by atoms with Crippen molar-refractivity contribution in [1.29, 1.82) is 0 Å². The Morgan fingerprint density at radius 3 is 2.71 bits per heavy atom. The Morgan fingerprint density at radius 2 is 1.82 bits per heavy atom. The van der Waals surface area contributed by atoms with E-state index in [1.807, 2.05) is 0 Å². The molecule has 182 valence electrons. The number of aryl methyl sites for hydroxylation is 1. The zero-order chi connectivity index (χ0) is 23.2. The Balaban J connectivity index is 1.31. The van der Waals surface area contributed by atoms with Gasteiger partial charge in [-0.25, -0.2) is 4.99 Å². The Hall–Kier alpha value is -2.27. The summed E-state index contributed by atoms with van der Waals surface area (Å²) in [5.74, 6) is 2.38. The van der Waals surface area contributed by atoms with Crippen LogP contribution in [-0.2, 0) is 11.2 Å². The number of ether oxygens (including phenoxy) is 1. The summed E-state index contributed by atoms with van der Waals surface area (Å²) in [6, 6.07) is 4.39. The van der Waals surface area contributed by atoms with E-state index >= 15 is 0 Å². The monoisotopic (exact) mass is 460 g/mol. The summed E-state index contributed by atoms with van der Waals surface area (Å²) in [6.07, 6.45) is 19.8. The normalized spacial score (nSPS) is 24.1. The summed E-state index contributed by atoms with van der Waals surface area (Å²) in [5.41, 5.74) is 7.11. The summed E-state index contributed by atoms with van der Waals surface area (Å²) in [6.45, 7) is 3.91. The summed E-state index contributed by atoms with van der Waals surface area (Å²) >= 11 is 0. The summed E-state index contributed by atoms with van der Waals surface area (Å²) in [5, 5.41) is 3.62. The van der Waals surface area contributed by atoms with Gasteiger partial charge in [0.05, 0.1) is 22.8 Å². The van der Waals surface area contributed by atoms with E-state index in [1.54, 1.807) is 0 Å². The number of rotatable bonds is 6. The number of allylic oxidation sites excluding steroid dienone is 3. The molecule has 5 rings (SSSR count). The fourth-order valence-corrected chi connectivity index (χ4v) is 5.90. The van der Waals surface area contributed by atoms with Gasteiger partial charge in [-0.15, -0.1) is 0 Å². The second-order valence-electron chi connectivity index (χ2n) is 10.5. The van der Waals surface area contributed by atoms with Crippen LogP contribution < -0.4 is 5.32 Å². The Morgan fingerprint density at radius 1 is 0.971 bits per heavy atom. The van der Waals surface area contributed by atoms with Crippen LogP contribution in [0, 0.1) is 18.8 Å². The van der Waals surface area contributed by atoms with Crippen LogP contribution in [0.25, 0.3) is 0 Å². The highest BCUT2D eigenvalue weighted by atomic mass is 16.5. The molecule has 1 atom stereocenters. The van der Waals surface area contributed by atoms with Crippen molar-refractivity contribution in [2.45, 2.75) is 90.4 Å². The van der Waals surface area contributed by atoms with Crippen LogP contribution in [0.2, 0.25) is 0 Å². The number of nitrogens with one attached hydrogen (secondary N) is 1. The number of anilines is 1. The molecular weight excluding hydrogens is 420 g/mol. The van der Waals surface area contributed by atoms with E-state index in [1.165, 1.54) is 67.6 Å². The largest absolute Gasteiger partial charge is 0.381 e. The minimum atomic E-state index is 0.683. The average Bonchev–Trinajstić information content (AvgIpc) is 3.21. The maximum atomic E-state index is 5.63. The maximum absolute atomic E-state index is 5.63. The number of aliphatic imine (C=N–C) groups is 2. The Kier molecular flexibility index (Phi) is 7.90. The number of hydrogen-bond acceptors (Lipinski definition) is 5. The van der Waals surface area contributed by atoms with E-state index in [9.17, 15) is 0 Å². The van der Waals surface area contributed by atoms with Gasteiger partial charge in [0, 0.05) is 25.1 Å². The van der Waals surface area contributed by atoms with E-state index in [0.717, 1.165) is 74.9 Å². The third-order valence-electron chi connectivity index (χ3n) is 7.88. The van der Waals surface area contributed by atoms with Crippen molar-refractivity contribution in [3.8, 4) is 0 Å². The predicted molar refractivity (Wildman–Crippen MR) is 141 cm³/mol. The molecule has 1 aliphatic carbocycles. The fourth-order valence-electron chi connectivity index (χ4n) is 5.90. The summed E-state index contributed by atoms with van der Waals surface area (Å²) < 4.78 is 5.63. The standard InChI is InChI=1S/C29H40N4O/c1-21-26(13-12-25(31-21)19-23-9-6-17-34-18-15-23)32-28-14-11-24-10-5-16-30-29(24)27(33-28)20-22-7-3-2-4-8-22/h12-14,16,22-23,32H,2-11,15,17-20H2,1H3. The second kappa shape index (κ2) is 11.4. The van der Waals surface area contributed by atoms with Crippen molar-refractivity contribution in [2.75, 3.05) is 18.5 Å². The highest BCUT2D eigenvalue weighted by molar-refractivity contribution is 6.03. The molecule has 1 aromatic rings. The van der Waals surface area contributed by atoms with E-state index in [0.29, 0.717) is 5.92 Å². The summed E-state index contributed by atoms with van der Waals surface area (Å²) in [7, 11) is 0. The molecule has 0 radical (unpaired) electrons. The van der Waals surface area contributed by atoms with Gasteiger partial charge in [0.2, 0.25) is 0 Å². The molecule has 4 heterocycles. The molecule has 0 spiro atoms. The van der Waals surface area contributed by atoms with Crippen LogP contribution in [0.1, 0.15) is 88.4 Å². The molecule has 0 amide bonds. The molecule has 1 saturated heterocycles. The molecule has 1 saturated carbocycles. The molecule has 5 heteroatoms. The SMILES string of the molecule is Cc1nc(CC2CCCOCC2)ccc1NC1=CCC2=C(N=CCC2)C(CC2CCCCC2)=N1. The summed E-state index contributed by atoms with van der Waals surface area (Å²) in [4.78, 5) is 15.0. The van der Waals surface area contributed by atoms with Gasteiger partial charge >= 0.3 is 0 Å². The molecule has 2 fully saturated rings. The quantitative estimate of drug-likeness (QED) is 0.500. The first-order chi connectivity index (χ1) is 16.7. The van der Waals surface area contributed by atoms with Gasteiger partial charge in [-0.2, -0.15) is 0 Å². The predicted octanol–water partition coefficient (Wildman–Crippen LogP) is 6.94. The molecule has 34 heavy (non-hydrogen) atoms. The number of aromatic nitrogens is 1. The number of nitrogens with zero attached hydrogens (tertiary/aromatic N) is 3. The molecule has 5 nitrogen and oxygen atoms in total. The van der Waals surface area contributed by atoms with Gasteiger partial charge in [-0.05, 0) is 93.9 Å². The molecule has 1 aromatic heterocycles. The van der Waals surface area contributed by atoms with Crippen molar-refractivity contribution >= 4 is 17.6 Å². The Labute approximate surface area is 204 Å². The third kappa shape index (κ3) is 6.04. The maximum Gasteiger partial charge on any atom is 0.127 e. The molecule has 1 unspecified atom stereocenters. The Bertz CT molecular complexity index is 976. The van der Waals surface area contributed by atoms with E-state index in [4.69, 9.17) is 19.7 Å². The van der Waals surface area contributed by atoms with Crippen LogP contribution in [0.15, 0.2) is 45.3 Å². The van der Waals surface area contributed by atoms with Gasteiger partial charge in [-0.1, -0.05) is 32.1 Å². The van der Waals surface area contributed by atoms with Crippen molar-refractivity contribution in [1.82, 2.24) is 4.98 Å². The molecule has 0 bridgehead atoms. The zero-order valence-corrected chi connectivity index (χ0v) is 20.8. The van der Waals surface area contributed by atoms with Crippen LogP contribution in [0.5, 0.6) is 0 Å². The minimum absolute atomic E-state index is 0.683. The second-order valence-corrected chi connectivity index (χ2v) is 10.5. The van der Waals surface area contributed by atoms with Crippen molar-refractivity contribution < 1.29 is 4.74 Å². The highest BCUT2D eigenvalue weighted by Gasteiger charge is 2.23. The van der Waals surface area contributed by atoms with Gasteiger partial charge in [0.1, 0.15) is 5.82 Å². The van der Waals surface area contributed by atoms with Crippen LogP contribution >= 0.6 is 0 Å². The van der Waals surface area contributed by atoms with Crippen molar-refractivity contribution in [3.63, 3.8) is 0 Å². The van der Waals surface area contributed by atoms with Gasteiger partial charge in [-0.3, -0.25) is 9.98 Å². The number of pyridine rings is 1. The third-order valence-corrected chi connectivity index (χ3v) is 7.88. The van der Waals surface area contributed by atoms with Crippen LogP contribution in [0.4, 0.5) is 5.69 Å². The minimum Gasteiger partial charge on any atom is -0.381 e. The van der Waals surface area contributed by atoms with Crippen LogP contribution in [0.3, 0.4) is 0 Å². The molecule has 1 N–H and O–H groups in total. The fraction of sp³-hybridized carbons (Fsp3) is 0.621. The van der Waals surface area contributed by atoms with Gasteiger partial charge in [0.15, 0.2) is 0 Å². The lowest BCUT2D eigenvalue weighted by Crippen LogP contribution is -2.16. The molecule has 4 aliphatic rings. The topological polar surface area (TPSA) is 58.9 Å². The van der Waals surface area contributed by atoms with E-state index < -0.39 is 0 Å². The molecular formula is C29H40N4O. The average molecular weight is 461 g/mol. The first-order valence-corrected chi connectivity index (χ1v) is 13.6. The zero-order valence-electron chi connectivity index (χ0n) is 20.8. The lowest BCUT2D eigenvalue weighted by atomic mass is 9.84. The van der Waals surface area contributed by atoms with Crippen LogP contribution in [-0.4, -0.2) is 30.1 Å². The van der Waals surface area contributed by atoms with Crippen molar-refractivity contribution in [3.05, 3.63) is 46.7 Å². The first-order valence-electron chi connectivity index (χ1n) is 13.6. The lowest BCUT2D eigenvalue weighted by molar-refractivity contribution is 0.141. The highest BCUT2D eigenvalue weighted by Crippen LogP contribution is 2.33. The smallest absolute Gasteiger partial charge is 0.127 e. The first kappa shape index (κ1) is 23.5. The van der Waals surface area contributed by atoms with Gasteiger partial charge < -0.3 is 10.1 Å². The van der Waals surface area contributed by atoms with E-state index in [-0.39, 0.29) is 0 Å². The number of hydrogen-bond donors (Lipinski definition) is 1. The van der Waals surface area contributed by atoms with E-state index in [2.05, 4.69) is 36.7 Å². The molecule has 3 aliphatic heterocycles. The van der Waals surface area contributed by atoms with Crippen molar-refractivity contribution in [2.24, 2.45) is 21.8 Å². The lowest BCUT2D eigenvalue weighted by Gasteiger charge is -2.23. The molecule has 0 aromatic carbocycles. The van der Waals surface area contributed by atoms with Gasteiger partial charge in [0.25, 0.3) is 0 Å².